The smallest absolute Gasteiger partial charge is 0.0690 e. The summed E-state index contributed by atoms with van der Waals surface area (Å²) in [5.74, 6) is 0. The van der Waals surface area contributed by atoms with Crippen LogP contribution in [0.15, 0.2) is 36.4 Å². The average Bonchev–Trinajstić information content (AvgIpc) is 3.91. The summed E-state index contributed by atoms with van der Waals surface area (Å²) in [6.07, 6.45) is 31.2. The van der Waals surface area contributed by atoms with Gasteiger partial charge in [0.1, 0.15) is 0 Å². The molecular weight excluding hydrogens is 573 g/mol. The minimum Gasteiger partial charge on any atom is -0.355 e. The zero-order chi connectivity index (χ0) is 32.7. The van der Waals surface area contributed by atoms with Gasteiger partial charge in [0.05, 0.1) is 22.4 Å². The first kappa shape index (κ1) is 35.0. The minimum atomic E-state index is 1.05. The first-order chi connectivity index (χ1) is 23.2. The number of hydrogen-bond acceptors (Lipinski definition) is 1. The van der Waals surface area contributed by atoms with Crippen molar-refractivity contribution < 1.29 is 0 Å². The van der Waals surface area contributed by atoms with Crippen molar-refractivity contribution in [3.05, 3.63) is 64.5 Å². The number of fused-ring (bicyclic) bond motifs is 9. The SMILES string of the molecule is CCCCCCCCc1c2nc(c(CCCCCCCC)c3ccc([nH]3)c3ccc([nH]3)c(CCCCCCCC)c3ccc1[nH]3)C=C2. The monoisotopic (exact) mass is 634 g/mol. The van der Waals surface area contributed by atoms with E-state index in [4.69, 9.17) is 4.98 Å². The summed E-state index contributed by atoms with van der Waals surface area (Å²) in [4.78, 5) is 17.0. The molecule has 4 nitrogen and oxygen atoms in total. The maximum Gasteiger partial charge on any atom is 0.0690 e. The van der Waals surface area contributed by atoms with E-state index in [9.17, 15) is 0 Å². The molecule has 5 heterocycles. The predicted octanol–water partition coefficient (Wildman–Crippen LogP) is 13.4. The van der Waals surface area contributed by atoms with Gasteiger partial charge in [0.25, 0.3) is 0 Å². The van der Waals surface area contributed by atoms with E-state index in [0.717, 1.165) is 41.7 Å². The normalized spacial score (nSPS) is 12.1. The van der Waals surface area contributed by atoms with E-state index in [-0.39, 0.29) is 0 Å². The van der Waals surface area contributed by atoms with Crippen LogP contribution in [0.4, 0.5) is 0 Å². The van der Waals surface area contributed by atoms with Gasteiger partial charge >= 0.3 is 0 Å². The molecular formula is C43H62N4. The summed E-state index contributed by atoms with van der Waals surface area (Å²) < 4.78 is 0. The molecule has 0 aromatic carbocycles. The number of nitrogens with one attached hydrogen (secondary N) is 3. The molecule has 4 aromatic rings. The maximum absolute atomic E-state index is 5.40. The molecule has 0 spiro atoms. The largest absolute Gasteiger partial charge is 0.355 e. The number of unbranched alkanes of at least 4 members (excludes halogenated alkanes) is 15. The fraction of sp³-hybridized carbons (Fsp3) is 0.558. The Morgan fingerprint density at radius 2 is 0.660 bits per heavy atom. The Kier molecular flexibility index (Phi) is 14.1. The molecule has 0 fully saturated rings. The number of aromatic nitrogens is 4. The van der Waals surface area contributed by atoms with E-state index < -0.39 is 0 Å². The summed E-state index contributed by atoms with van der Waals surface area (Å²) in [5.41, 5.74) is 13.6. The van der Waals surface area contributed by atoms with Crippen molar-refractivity contribution in [1.82, 2.24) is 19.9 Å². The van der Waals surface area contributed by atoms with Crippen LogP contribution < -0.4 is 0 Å². The average molecular weight is 635 g/mol. The van der Waals surface area contributed by atoms with Crippen LogP contribution in [0.3, 0.4) is 0 Å². The molecule has 4 aromatic heterocycles. The van der Waals surface area contributed by atoms with Crippen molar-refractivity contribution in [3.8, 4) is 0 Å². The molecule has 254 valence electrons. The molecule has 0 aliphatic carbocycles. The van der Waals surface area contributed by atoms with Crippen molar-refractivity contribution in [1.29, 1.82) is 0 Å². The van der Waals surface area contributed by atoms with Gasteiger partial charge in [-0.1, -0.05) is 117 Å². The third kappa shape index (κ3) is 9.87. The Hall–Kier alpha value is -3.27. The molecule has 8 bridgehead atoms. The van der Waals surface area contributed by atoms with Crippen LogP contribution in [0, 0.1) is 0 Å². The fourth-order valence-corrected chi connectivity index (χ4v) is 7.36. The van der Waals surface area contributed by atoms with Crippen LogP contribution in [0.5, 0.6) is 0 Å². The lowest BCUT2D eigenvalue weighted by atomic mass is 10.0. The number of rotatable bonds is 21. The molecule has 4 heteroatoms. The van der Waals surface area contributed by atoms with Gasteiger partial charge in [-0.25, -0.2) is 4.98 Å². The number of aromatic amines is 3. The van der Waals surface area contributed by atoms with Crippen LogP contribution in [0.1, 0.15) is 164 Å². The molecule has 0 atom stereocenters. The Bertz CT molecular complexity index is 1660. The van der Waals surface area contributed by atoms with Gasteiger partial charge in [-0.15, -0.1) is 0 Å². The van der Waals surface area contributed by atoms with Crippen molar-refractivity contribution in [2.24, 2.45) is 0 Å². The highest BCUT2D eigenvalue weighted by Gasteiger charge is 2.14. The van der Waals surface area contributed by atoms with Crippen molar-refractivity contribution in [2.45, 2.75) is 156 Å². The highest BCUT2D eigenvalue weighted by Crippen LogP contribution is 2.28. The van der Waals surface area contributed by atoms with E-state index >= 15 is 0 Å². The van der Waals surface area contributed by atoms with Gasteiger partial charge in [0.2, 0.25) is 0 Å². The fourth-order valence-electron chi connectivity index (χ4n) is 7.36. The second-order valence-corrected chi connectivity index (χ2v) is 14.1. The Morgan fingerprint density at radius 1 is 0.362 bits per heavy atom. The van der Waals surface area contributed by atoms with Crippen LogP contribution in [0.2, 0.25) is 0 Å². The summed E-state index contributed by atoms with van der Waals surface area (Å²) in [6, 6.07) is 13.7. The van der Waals surface area contributed by atoms with Crippen molar-refractivity contribution >= 4 is 45.3 Å². The quantitative estimate of drug-likeness (QED) is 0.0691. The van der Waals surface area contributed by atoms with Crippen molar-refractivity contribution in [2.75, 3.05) is 0 Å². The predicted molar refractivity (Wildman–Crippen MR) is 206 cm³/mol. The number of nitrogens with zero attached hydrogens (tertiary/aromatic N) is 1. The molecule has 47 heavy (non-hydrogen) atoms. The molecule has 0 amide bonds. The minimum absolute atomic E-state index is 1.05. The van der Waals surface area contributed by atoms with E-state index in [0.29, 0.717) is 0 Å². The lowest BCUT2D eigenvalue weighted by molar-refractivity contribution is 0.607. The van der Waals surface area contributed by atoms with Crippen LogP contribution in [0.25, 0.3) is 45.3 Å². The molecule has 0 saturated heterocycles. The lowest BCUT2D eigenvalue weighted by Gasteiger charge is -2.06. The van der Waals surface area contributed by atoms with Gasteiger partial charge in [0.15, 0.2) is 0 Å². The van der Waals surface area contributed by atoms with Crippen molar-refractivity contribution in [3.63, 3.8) is 0 Å². The first-order valence-corrected chi connectivity index (χ1v) is 19.5. The summed E-state index contributed by atoms with van der Waals surface area (Å²) in [5, 5.41) is 0. The van der Waals surface area contributed by atoms with E-state index in [2.05, 4.69) is 84.3 Å². The summed E-state index contributed by atoms with van der Waals surface area (Å²) >= 11 is 0. The first-order valence-electron chi connectivity index (χ1n) is 19.5. The Balaban J connectivity index is 1.58. The molecule has 0 saturated carbocycles. The molecule has 5 rings (SSSR count). The van der Waals surface area contributed by atoms with E-state index in [1.165, 1.54) is 154 Å². The lowest BCUT2D eigenvalue weighted by Crippen LogP contribution is -1.94. The van der Waals surface area contributed by atoms with E-state index in [1.807, 2.05) is 0 Å². The third-order valence-corrected chi connectivity index (χ3v) is 10.2. The highest BCUT2D eigenvalue weighted by atomic mass is 14.8. The molecule has 0 radical (unpaired) electrons. The number of hydrogen-bond donors (Lipinski definition) is 3. The molecule has 1 aliphatic heterocycles. The van der Waals surface area contributed by atoms with Gasteiger partial charge in [-0.3, -0.25) is 0 Å². The summed E-state index contributed by atoms with van der Waals surface area (Å²) in [7, 11) is 0. The zero-order valence-corrected chi connectivity index (χ0v) is 29.9. The Labute approximate surface area is 284 Å². The molecule has 1 aliphatic rings. The number of H-pyrrole nitrogens is 3. The van der Waals surface area contributed by atoms with Gasteiger partial charge < -0.3 is 15.0 Å². The topological polar surface area (TPSA) is 60.3 Å². The standard InChI is InChI=1S/C43H62N4/c1-4-7-10-13-16-19-22-33-36-25-27-38(44-36)34(23-20-17-14-11-8-5-2)40-29-31-42(46-40)43-32-30-41(47-43)35(39-28-26-37(33)45-39)24-21-18-15-12-9-6-3/h25-32,44,46-47H,4-24H2,1-3H3. The van der Waals surface area contributed by atoms with Gasteiger partial charge in [0, 0.05) is 33.2 Å². The molecule has 0 unspecified atom stereocenters. The van der Waals surface area contributed by atoms with Crippen LogP contribution >= 0.6 is 0 Å². The van der Waals surface area contributed by atoms with Gasteiger partial charge in [-0.05, 0) is 92.6 Å². The maximum atomic E-state index is 5.40. The third-order valence-electron chi connectivity index (χ3n) is 10.2. The number of aryl methyl sites for hydroxylation is 3. The Morgan fingerprint density at radius 3 is 1.06 bits per heavy atom. The highest BCUT2D eigenvalue weighted by molar-refractivity contribution is 5.85. The zero-order valence-electron chi connectivity index (χ0n) is 29.9. The molecule has 3 N–H and O–H groups in total. The second kappa shape index (κ2) is 18.9. The summed E-state index contributed by atoms with van der Waals surface area (Å²) in [6.45, 7) is 6.89. The van der Waals surface area contributed by atoms with Gasteiger partial charge in [-0.2, -0.15) is 0 Å². The van der Waals surface area contributed by atoms with Crippen LogP contribution in [-0.2, 0) is 19.3 Å². The second-order valence-electron chi connectivity index (χ2n) is 14.1. The van der Waals surface area contributed by atoms with E-state index in [1.54, 1.807) is 0 Å². The van der Waals surface area contributed by atoms with Crippen LogP contribution in [-0.4, -0.2) is 19.9 Å².